The van der Waals surface area contributed by atoms with Crippen LogP contribution in [0.25, 0.3) is 0 Å². The summed E-state index contributed by atoms with van der Waals surface area (Å²) < 4.78 is 15.6. The number of carboxylic acid groups (broad SMARTS) is 1. The zero-order chi connectivity index (χ0) is 17.1. The van der Waals surface area contributed by atoms with Crippen LogP contribution >= 0.6 is 0 Å². The number of methoxy groups -OCH3 is 1. The number of hydrogen-bond donors (Lipinski definition) is 2. The van der Waals surface area contributed by atoms with Crippen molar-refractivity contribution in [2.24, 2.45) is 0 Å². The molecule has 0 spiro atoms. The lowest BCUT2D eigenvalue weighted by Crippen LogP contribution is -2.23. The molecule has 3 rings (SSSR count). The summed E-state index contributed by atoms with van der Waals surface area (Å²) in [5.41, 5.74) is 1.17. The number of hydrogen-bond acceptors (Lipinski definition) is 5. The van der Waals surface area contributed by atoms with Gasteiger partial charge in [-0.15, -0.1) is 0 Å². The molecule has 2 N–H and O–H groups in total. The standard InChI is InChI=1S/C17H15NO6/c1-22-14-7-10(5-6-11(14)17(20)21)8-18-16(19)12-3-2-4-13-15(12)24-9-23-13/h2-7H,8-9H2,1H3,(H,18,19)(H,20,21). The maximum absolute atomic E-state index is 12.3. The number of fused-ring (bicyclic) bond motifs is 1. The molecule has 0 atom stereocenters. The first kappa shape index (κ1) is 15.7. The molecule has 7 nitrogen and oxygen atoms in total. The normalized spacial score (nSPS) is 11.9. The van der Waals surface area contributed by atoms with Crippen LogP contribution in [-0.4, -0.2) is 30.9 Å². The van der Waals surface area contributed by atoms with E-state index in [0.29, 0.717) is 17.1 Å². The molecule has 1 heterocycles. The van der Waals surface area contributed by atoms with E-state index in [1.54, 1.807) is 30.3 Å². The van der Waals surface area contributed by atoms with Crippen molar-refractivity contribution in [2.75, 3.05) is 13.9 Å². The smallest absolute Gasteiger partial charge is 0.339 e. The van der Waals surface area contributed by atoms with Crippen LogP contribution < -0.4 is 19.5 Å². The first-order valence-corrected chi connectivity index (χ1v) is 7.17. The van der Waals surface area contributed by atoms with Gasteiger partial charge in [0.25, 0.3) is 5.91 Å². The number of carbonyl (C=O) groups is 2. The Morgan fingerprint density at radius 2 is 2.04 bits per heavy atom. The quantitative estimate of drug-likeness (QED) is 0.872. The van der Waals surface area contributed by atoms with Crippen molar-refractivity contribution >= 4 is 11.9 Å². The number of carboxylic acids is 1. The second-order valence-corrected chi connectivity index (χ2v) is 5.06. The molecule has 0 fully saturated rings. The number of amides is 1. The molecule has 0 unspecified atom stereocenters. The Morgan fingerprint density at radius 3 is 2.79 bits per heavy atom. The molecule has 1 aliphatic heterocycles. The van der Waals surface area contributed by atoms with E-state index in [0.717, 1.165) is 5.56 Å². The highest BCUT2D eigenvalue weighted by Gasteiger charge is 2.21. The monoisotopic (exact) mass is 329 g/mol. The Labute approximate surface area is 137 Å². The highest BCUT2D eigenvalue weighted by atomic mass is 16.7. The SMILES string of the molecule is COc1cc(CNC(=O)c2cccc3c2OCO3)ccc1C(=O)O. The fourth-order valence-corrected chi connectivity index (χ4v) is 2.41. The molecule has 0 saturated carbocycles. The molecule has 0 aromatic heterocycles. The van der Waals surface area contributed by atoms with Gasteiger partial charge in [0, 0.05) is 6.54 Å². The molecular weight excluding hydrogens is 314 g/mol. The van der Waals surface area contributed by atoms with E-state index in [1.165, 1.54) is 13.2 Å². The predicted octanol–water partition coefficient (Wildman–Crippen LogP) is 2.05. The van der Waals surface area contributed by atoms with Gasteiger partial charge in [-0.3, -0.25) is 4.79 Å². The minimum Gasteiger partial charge on any atom is -0.496 e. The Morgan fingerprint density at radius 1 is 1.21 bits per heavy atom. The zero-order valence-corrected chi connectivity index (χ0v) is 12.9. The molecule has 0 aliphatic carbocycles. The van der Waals surface area contributed by atoms with Crippen molar-refractivity contribution in [1.29, 1.82) is 0 Å². The fourth-order valence-electron chi connectivity index (χ4n) is 2.41. The van der Waals surface area contributed by atoms with Gasteiger partial charge in [0.2, 0.25) is 6.79 Å². The maximum atomic E-state index is 12.3. The number of nitrogens with one attached hydrogen (secondary N) is 1. The van der Waals surface area contributed by atoms with Gasteiger partial charge in [0.05, 0.1) is 12.7 Å². The van der Waals surface area contributed by atoms with E-state index in [1.807, 2.05) is 0 Å². The van der Waals surface area contributed by atoms with Crippen molar-refractivity contribution in [3.8, 4) is 17.2 Å². The third-order valence-corrected chi connectivity index (χ3v) is 3.59. The van der Waals surface area contributed by atoms with E-state index < -0.39 is 5.97 Å². The van der Waals surface area contributed by atoms with Gasteiger partial charge in [-0.1, -0.05) is 12.1 Å². The Balaban J connectivity index is 1.73. The van der Waals surface area contributed by atoms with Crippen molar-refractivity contribution in [1.82, 2.24) is 5.32 Å². The molecular formula is C17H15NO6. The highest BCUT2D eigenvalue weighted by molar-refractivity contribution is 5.98. The van der Waals surface area contributed by atoms with Gasteiger partial charge in [0.15, 0.2) is 11.5 Å². The van der Waals surface area contributed by atoms with Gasteiger partial charge < -0.3 is 24.6 Å². The Hall–Kier alpha value is -3.22. The highest BCUT2D eigenvalue weighted by Crippen LogP contribution is 2.35. The first-order chi connectivity index (χ1) is 11.6. The fraction of sp³-hybridized carbons (Fsp3) is 0.176. The molecule has 7 heteroatoms. The van der Waals surface area contributed by atoms with Gasteiger partial charge in [-0.2, -0.15) is 0 Å². The lowest BCUT2D eigenvalue weighted by molar-refractivity contribution is 0.0693. The first-order valence-electron chi connectivity index (χ1n) is 7.17. The molecule has 2 aromatic rings. The number of para-hydroxylation sites is 1. The largest absolute Gasteiger partial charge is 0.496 e. The van der Waals surface area contributed by atoms with E-state index in [9.17, 15) is 9.59 Å². The maximum Gasteiger partial charge on any atom is 0.339 e. The zero-order valence-electron chi connectivity index (χ0n) is 12.9. The van der Waals surface area contributed by atoms with Gasteiger partial charge >= 0.3 is 5.97 Å². The predicted molar refractivity (Wildman–Crippen MR) is 83.7 cm³/mol. The molecule has 1 amide bonds. The van der Waals surface area contributed by atoms with Crippen LogP contribution in [-0.2, 0) is 6.54 Å². The summed E-state index contributed by atoms with van der Waals surface area (Å²) >= 11 is 0. The second kappa shape index (κ2) is 6.49. The summed E-state index contributed by atoms with van der Waals surface area (Å²) in [4.78, 5) is 23.4. The summed E-state index contributed by atoms with van der Waals surface area (Å²) in [5.74, 6) is -0.173. The van der Waals surface area contributed by atoms with Crippen molar-refractivity contribution in [2.45, 2.75) is 6.54 Å². The van der Waals surface area contributed by atoms with E-state index in [2.05, 4.69) is 5.32 Å². The average Bonchev–Trinajstić information content (AvgIpc) is 3.07. The lowest BCUT2D eigenvalue weighted by atomic mass is 10.1. The molecule has 124 valence electrons. The molecule has 0 bridgehead atoms. The van der Waals surface area contributed by atoms with Crippen LogP contribution in [0.4, 0.5) is 0 Å². The van der Waals surface area contributed by atoms with Crippen molar-refractivity contribution in [3.63, 3.8) is 0 Å². The Bertz CT molecular complexity index is 802. The van der Waals surface area contributed by atoms with Crippen LogP contribution in [0.1, 0.15) is 26.3 Å². The molecule has 24 heavy (non-hydrogen) atoms. The van der Waals surface area contributed by atoms with E-state index >= 15 is 0 Å². The topological polar surface area (TPSA) is 94.1 Å². The minimum absolute atomic E-state index is 0.0685. The minimum atomic E-state index is -1.07. The summed E-state index contributed by atoms with van der Waals surface area (Å²) in [6.45, 7) is 0.313. The summed E-state index contributed by atoms with van der Waals surface area (Å²) in [6.07, 6.45) is 0. The number of ether oxygens (including phenoxy) is 3. The Kier molecular flexibility index (Phi) is 4.24. The summed E-state index contributed by atoms with van der Waals surface area (Å²) in [5, 5.41) is 11.8. The van der Waals surface area contributed by atoms with E-state index in [-0.39, 0.29) is 30.6 Å². The number of carbonyl (C=O) groups excluding carboxylic acids is 1. The molecule has 0 saturated heterocycles. The van der Waals surface area contributed by atoms with Crippen LogP contribution in [0.5, 0.6) is 17.2 Å². The number of aromatic carboxylic acids is 1. The van der Waals surface area contributed by atoms with Crippen LogP contribution in [0, 0.1) is 0 Å². The lowest BCUT2D eigenvalue weighted by Gasteiger charge is -2.10. The van der Waals surface area contributed by atoms with Crippen LogP contribution in [0.15, 0.2) is 36.4 Å². The van der Waals surface area contributed by atoms with Gasteiger partial charge in [-0.05, 0) is 29.8 Å². The molecule has 2 aromatic carbocycles. The third kappa shape index (κ3) is 2.96. The molecule has 0 radical (unpaired) electrons. The van der Waals surface area contributed by atoms with Crippen LogP contribution in [0.3, 0.4) is 0 Å². The van der Waals surface area contributed by atoms with E-state index in [4.69, 9.17) is 19.3 Å². The summed E-state index contributed by atoms with van der Waals surface area (Å²) in [6, 6.07) is 9.75. The third-order valence-electron chi connectivity index (χ3n) is 3.59. The van der Waals surface area contributed by atoms with Gasteiger partial charge in [-0.25, -0.2) is 4.79 Å². The van der Waals surface area contributed by atoms with Crippen LogP contribution in [0.2, 0.25) is 0 Å². The molecule has 1 aliphatic rings. The van der Waals surface area contributed by atoms with Crippen molar-refractivity contribution < 1.29 is 28.9 Å². The van der Waals surface area contributed by atoms with Crippen molar-refractivity contribution in [3.05, 3.63) is 53.1 Å². The van der Waals surface area contributed by atoms with Gasteiger partial charge in [0.1, 0.15) is 11.3 Å². The summed E-state index contributed by atoms with van der Waals surface area (Å²) in [7, 11) is 1.40. The average molecular weight is 329 g/mol. The number of rotatable bonds is 5. The number of benzene rings is 2. The second-order valence-electron chi connectivity index (χ2n) is 5.06.